The van der Waals surface area contributed by atoms with Crippen molar-refractivity contribution in [2.75, 3.05) is 14.2 Å². The van der Waals surface area contributed by atoms with Gasteiger partial charge >= 0.3 is 0 Å². The topological polar surface area (TPSA) is 38.8 Å². The Morgan fingerprint density at radius 1 is 0.929 bits per heavy atom. The van der Waals surface area contributed by atoms with Crippen LogP contribution in [0.25, 0.3) is 10.8 Å². The summed E-state index contributed by atoms with van der Waals surface area (Å²) in [5.41, 5.74) is 2.12. The van der Waals surface area contributed by atoms with Gasteiger partial charge in [-0.05, 0) is 41.3 Å². The van der Waals surface area contributed by atoms with Crippen LogP contribution in [0.3, 0.4) is 0 Å². The van der Waals surface area contributed by atoms with Crippen LogP contribution >= 0.6 is 0 Å². The summed E-state index contributed by atoms with van der Waals surface area (Å²) in [4.78, 5) is 15.0. The molecule has 0 spiro atoms. The molecule has 4 rings (SSSR count). The van der Waals surface area contributed by atoms with Crippen LogP contribution in [0.4, 0.5) is 0 Å². The Labute approximate surface area is 165 Å². The molecule has 0 saturated carbocycles. The van der Waals surface area contributed by atoms with Gasteiger partial charge in [-0.1, -0.05) is 48.5 Å². The molecular formula is C24H25NO3. The first-order valence-electron chi connectivity index (χ1n) is 9.70. The van der Waals surface area contributed by atoms with Crippen LogP contribution in [0, 0.1) is 0 Å². The number of nitrogens with zero attached hydrogens (tertiary/aromatic N) is 1. The fourth-order valence-corrected chi connectivity index (χ4v) is 4.24. The average Bonchev–Trinajstić information content (AvgIpc) is 2.74. The SMILES string of the molecule is COc1cccc(OC)c1C1CCCC(=O)N1Cc1cccc2ccccc12. The number of hydrogen-bond donors (Lipinski definition) is 0. The minimum absolute atomic E-state index is 0.0636. The third-order valence-electron chi connectivity index (χ3n) is 5.58. The molecule has 4 nitrogen and oxygen atoms in total. The molecule has 3 aromatic carbocycles. The van der Waals surface area contributed by atoms with Crippen LogP contribution in [-0.4, -0.2) is 25.0 Å². The summed E-state index contributed by atoms with van der Waals surface area (Å²) in [6.07, 6.45) is 2.35. The number of piperidine rings is 1. The predicted molar refractivity (Wildman–Crippen MR) is 111 cm³/mol. The molecule has 0 N–H and O–H groups in total. The maximum Gasteiger partial charge on any atom is 0.223 e. The first-order valence-corrected chi connectivity index (χ1v) is 9.70. The van der Waals surface area contributed by atoms with E-state index in [9.17, 15) is 4.79 Å². The zero-order valence-electron chi connectivity index (χ0n) is 16.4. The number of rotatable bonds is 5. The van der Waals surface area contributed by atoms with Gasteiger partial charge in [0.1, 0.15) is 11.5 Å². The Hall–Kier alpha value is -3.01. The number of amides is 1. The van der Waals surface area contributed by atoms with Crippen LogP contribution < -0.4 is 9.47 Å². The molecule has 0 aliphatic carbocycles. The number of likely N-dealkylation sites (tertiary alicyclic amines) is 1. The van der Waals surface area contributed by atoms with Crippen molar-refractivity contribution in [2.24, 2.45) is 0 Å². The molecule has 0 radical (unpaired) electrons. The molecule has 144 valence electrons. The Bertz CT molecular complexity index is 971. The third-order valence-corrected chi connectivity index (χ3v) is 5.58. The summed E-state index contributed by atoms with van der Waals surface area (Å²) in [7, 11) is 3.33. The van der Waals surface area contributed by atoms with Crippen molar-refractivity contribution in [3.63, 3.8) is 0 Å². The van der Waals surface area contributed by atoms with Crippen LogP contribution in [0.1, 0.15) is 36.4 Å². The van der Waals surface area contributed by atoms with E-state index in [1.807, 2.05) is 35.2 Å². The second-order valence-corrected chi connectivity index (χ2v) is 7.14. The minimum Gasteiger partial charge on any atom is -0.496 e. The molecule has 1 fully saturated rings. The van der Waals surface area contributed by atoms with Gasteiger partial charge in [-0.25, -0.2) is 0 Å². The first-order chi connectivity index (χ1) is 13.7. The molecule has 3 aromatic rings. The van der Waals surface area contributed by atoms with E-state index in [4.69, 9.17) is 9.47 Å². The normalized spacial score (nSPS) is 17.0. The van der Waals surface area contributed by atoms with E-state index >= 15 is 0 Å². The maximum atomic E-state index is 13.0. The van der Waals surface area contributed by atoms with Gasteiger partial charge in [0.15, 0.2) is 0 Å². The lowest BCUT2D eigenvalue weighted by Crippen LogP contribution is -2.38. The lowest BCUT2D eigenvalue weighted by molar-refractivity contribution is -0.137. The Kier molecular flexibility index (Phi) is 5.20. The molecule has 1 aliphatic rings. The van der Waals surface area contributed by atoms with E-state index in [1.165, 1.54) is 10.8 Å². The van der Waals surface area contributed by atoms with E-state index in [0.29, 0.717) is 13.0 Å². The van der Waals surface area contributed by atoms with E-state index < -0.39 is 0 Å². The molecule has 28 heavy (non-hydrogen) atoms. The van der Waals surface area contributed by atoms with Crippen LogP contribution in [0.5, 0.6) is 11.5 Å². The second-order valence-electron chi connectivity index (χ2n) is 7.14. The molecule has 1 atom stereocenters. The number of methoxy groups -OCH3 is 2. The summed E-state index contributed by atoms with van der Waals surface area (Å²) in [6, 6.07) is 20.3. The number of hydrogen-bond acceptors (Lipinski definition) is 3. The van der Waals surface area contributed by atoms with Crippen molar-refractivity contribution >= 4 is 16.7 Å². The van der Waals surface area contributed by atoms with Gasteiger partial charge in [0, 0.05) is 13.0 Å². The van der Waals surface area contributed by atoms with Crippen molar-refractivity contribution in [1.82, 2.24) is 4.90 Å². The van der Waals surface area contributed by atoms with Gasteiger partial charge in [0.2, 0.25) is 5.91 Å². The zero-order valence-corrected chi connectivity index (χ0v) is 16.4. The van der Waals surface area contributed by atoms with Crippen molar-refractivity contribution in [3.8, 4) is 11.5 Å². The maximum absolute atomic E-state index is 13.0. The van der Waals surface area contributed by atoms with Gasteiger partial charge in [-0.3, -0.25) is 4.79 Å². The number of fused-ring (bicyclic) bond motifs is 1. The molecule has 4 heteroatoms. The third kappa shape index (κ3) is 3.31. The van der Waals surface area contributed by atoms with E-state index in [1.54, 1.807) is 14.2 Å². The summed E-state index contributed by atoms with van der Waals surface area (Å²) in [5.74, 6) is 1.71. The van der Waals surface area contributed by atoms with Crippen LogP contribution in [-0.2, 0) is 11.3 Å². The lowest BCUT2D eigenvalue weighted by atomic mass is 9.92. The highest BCUT2D eigenvalue weighted by atomic mass is 16.5. The Balaban J connectivity index is 1.77. The molecule has 1 aliphatic heterocycles. The smallest absolute Gasteiger partial charge is 0.223 e. The number of ether oxygens (including phenoxy) is 2. The summed E-state index contributed by atoms with van der Waals surface area (Å²) in [6.45, 7) is 0.575. The number of carbonyl (C=O) groups excluding carboxylic acids is 1. The monoisotopic (exact) mass is 375 g/mol. The molecule has 1 amide bonds. The molecule has 0 aromatic heterocycles. The first kappa shape index (κ1) is 18.4. The fourth-order valence-electron chi connectivity index (χ4n) is 4.24. The van der Waals surface area contributed by atoms with Crippen molar-refractivity contribution in [3.05, 3.63) is 71.8 Å². The molecule has 1 saturated heterocycles. The van der Waals surface area contributed by atoms with Crippen LogP contribution in [0.2, 0.25) is 0 Å². The second kappa shape index (κ2) is 7.93. The van der Waals surface area contributed by atoms with E-state index in [0.717, 1.165) is 35.5 Å². The summed E-state index contributed by atoms with van der Waals surface area (Å²) < 4.78 is 11.3. The Morgan fingerprint density at radius 3 is 2.36 bits per heavy atom. The predicted octanol–water partition coefficient (Wildman–Crippen LogP) is 5.11. The zero-order chi connectivity index (χ0) is 19.5. The molecular weight excluding hydrogens is 350 g/mol. The molecule has 1 heterocycles. The lowest BCUT2D eigenvalue weighted by Gasteiger charge is -2.37. The highest BCUT2D eigenvalue weighted by molar-refractivity contribution is 5.86. The van der Waals surface area contributed by atoms with Crippen molar-refractivity contribution in [2.45, 2.75) is 31.8 Å². The quantitative estimate of drug-likeness (QED) is 0.622. The van der Waals surface area contributed by atoms with Crippen molar-refractivity contribution < 1.29 is 14.3 Å². The summed E-state index contributed by atoms with van der Waals surface area (Å²) >= 11 is 0. The van der Waals surface area contributed by atoms with E-state index in [2.05, 4.69) is 30.3 Å². The van der Waals surface area contributed by atoms with Gasteiger partial charge in [-0.15, -0.1) is 0 Å². The van der Waals surface area contributed by atoms with Crippen molar-refractivity contribution in [1.29, 1.82) is 0 Å². The minimum atomic E-state index is -0.0636. The van der Waals surface area contributed by atoms with E-state index in [-0.39, 0.29) is 11.9 Å². The summed E-state index contributed by atoms with van der Waals surface area (Å²) in [5, 5.41) is 2.38. The largest absolute Gasteiger partial charge is 0.496 e. The Morgan fingerprint density at radius 2 is 1.61 bits per heavy atom. The van der Waals surface area contributed by atoms with Gasteiger partial charge in [0.05, 0.1) is 25.8 Å². The van der Waals surface area contributed by atoms with Gasteiger partial charge in [0.25, 0.3) is 0 Å². The number of benzene rings is 3. The fraction of sp³-hybridized carbons (Fsp3) is 0.292. The highest BCUT2D eigenvalue weighted by Gasteiger charge is 2.33. The number of carbonyl (C=O) groups is 1. The molecule has 1 unspecified atom stereocenters. The van der Waals surface area contributed by atoms with Crippen LogP contribution in [0.15, 0.2) is 60.7 Å². The average molecular weight is 375 g/mol. The highest BCUT2D eigenvalue weighted by Crippen LogP contribution is 2.42. The van der Waals surface area contributed by atoms with Gasteiger partial charge < -0.3 is 14.4 Å². The molecule has 0 bridgehead atoms. The van der Waals surface area contributed by atoms with Gasteiger partial charge in [-0.2, -0.15) is 0 Å². The standard InChI is InChI=1S/C24H25NO3/c1-27-21-13-7-14-22(28-2)24(21)20-12-6-15-23(26)25(20)16-18-10-5-9-17-8-3-4-11-19(17)18/h3-5,7-11,13-14,20H,6,12,15-16H2,1-2H3.